The summed E-state index contributed by atoms with van der Waals surface area (Å²) in [5, 5.41) is 28.6. The molecule has 0 aliphatic heterocycles. The van der Waals surface area contributed by atoms with Crippen LogP contribution in [0.15, 0.2) is 0 Å². The van der Waals surface area contributed by atoms with Crippen molar-refractivity contribution in [2.75, 3.05) is 13.1 Å². The van der Waals surface area contributed by atoms with Crippen molar-refractivity contribution >= 4 is 18.3 Å². The maximum Gasteiger partial charge on any atom is 0.290 e. The van der Waals surface area contributed by atoms with Crippen LogP contribution in [0, 0.1) is 0 Å². The molecule has 7 heteroatoms. The highest BCUT2D eigenvalue weighted by Gasteiger charge is 2.23. The van der Waals surface area contributed by atoms with Crippen molar-refractivity contribution in [2.24, 2.45) is 0 Å². The molecule has 206 valence electrons. The molecule has 4 N–H and O–H groups in total. The molecule has 0 saturated heterocycles. The number of halogens is 1. The van der Waals surface area contributed by atoms with Gasteiger partial charge in [0.25, 0.3) is 5.97 Å². The molecule has 0 aromatic rings. The van der Waals surface area contributed by atoms with Gasteiger partial charge in [-0.1, -0.05) is 129 Å². The van der Waals surface area contributed by atoms with Crippen molar-refractivity contribution in [3.8, 4) is 0 Å². The van der Waals surface area contributed by atoms with Crippen molar-refractivity contribution in [2.45, 2.75) is 155 Å². The lowest BCUT2D eigenvalue weighted by atomic mass is 10.0. The summed E-state index contributed by atoms with van der Waals surface area (Å²) in [6.45, 7) is 4.23. The summed E-state index contributed by atoms with van der Waals surface area (Å²) in [5.41, 5.74) is 2.65. The summed E-state index contributed by atoms with van der Waals surface area (Å²) in [6.07, 6.45) is 26.3. The monoisotopic (exact) mass is 508 g/mol. The predicted molar refractivity (Wildman–Crippen MR) is 145 cm³/mol. The van der Waals surface area contributed by atoms with E-state index < -0.39 is 12.5 Å². The number of unbranched alkanes of at least 4 members (excludes halogenated alkanes) is 18. The smallest absolute Gasteiger partial charge is 0.290 e. The lowest BCUT2D eigenvalue weighted by Gasteiger charge is -2.26. The van der Waals surface area contributed by atoms with Gasteiger partial charge in [-0.25, -0.2) is 5.01 Å². The number of hydrazine groups is 1. The molecule has 0 atom stereocenters. The van der Waals surface area contributed by atoms with E-state index in [1.807, 2.05) is 6.92 Å². The number of aliphatic hydroxyl groups is 3. The summed E-state index contributed by atoms with van der Waals surface area (Å²) in [4.78, 5) is 12.0. The highest BCUT2D eigenvalue weighted by molar-refractivity contribution is 5.85. The number of nitrogens with zero attached hydrogens (tertiary/aromatic N) is 1. The van der Waals surface area contributed by atoms with Crippen LogP contribution in [0.3, 0.4) is 0 Å². The average Bonchev–Trinajstić information content (AvgIpc) is 2.74. The Morgan fingerprint density at radius 2 is 0.971 bits per heavy atom. The quantitative estimate of drug-likeness (QED) is 0.0632. The minimum atomic E-state index is -2.80. The van der Waals surface area contributed by atoms with Gasteiger partial charge < -0.3 is 15.3 Å². The van der Waals surface area contributed by atoms with Crippen LogP contribution in [-0.4, -0.2) is 45.3 Å². The van der Waals surface area contributed by atoms with Gasteiger partial charge in [-0.2, -0.15) is 0 Å². The molecule has 0 spiro atoms. The highest BCUT2D eigenvalue weighted by Crippen LogP contribution is 2.14. The molecule has 0 bridgehead atoms. The molecule has 0 unspecified atom stereocenters. The summed E-state index contributed by atoms with van der Waals surface area (Å²) in [5.74, 6) is -2.94. The van der Waals surface area contributed by atoms with Crippen LogP contribution < -0.4 is 5.43 Å². The molecule has 0 aliphatic carbocycles. The van der Waals surface area contributed by atoms with Crippen molar-refractivity contribution in [3.05, 3.63) is 0 Å². The van der Waals surface area contributed by atoms with Gasteiger partial charge in [0.15, 0.2) is 0 Å². The Kier molecular flexibility index (Phi) is 27.0. The maximum atomic E-state index is 12.0. The van der Waals surface area contributed by atoms with Crippen molar-refractivity contribution in [3.63, 3.8) is 0 Å². The van der Waals surface area contributed by atoms with Gasteiger partial charge >= 0.3 is 0 Å². The molecule has 0 radical (unpaired) electrons. The van der Waals surface area contributed by atoms with Gasteiger partial charge in [-0.05, 0) is 12.8 Å². The van der Waals surface area contributed by atoms with E-state index in [4.69, 9.17) is 15.3 Å². The van der Waals surface area contributed by atoms with E-state index in [-0.39, 0.29) is 18.3 Å². The number of nitrogens with one attached hydrogen (secondary N) is 1. The highest BCUT2D eigenvalue weighted by atomic mass is 35.5. The number of carbonyl (C=O) groups is 1. The van der Waals surface area contributed by atoms with Crippen LogP contribution in [0.25, 0.3) is 0 Å². The zero-order valence-electron chi connectivity index (χ0n) is 22.4. The number of hydrogen-bond acceptors (Lipinski definition) is 5. The van der Waals surface area contributed by atoms with Gasteiger partial charge in [0.05, 0.1) is 6.54 Å². The van der Waals surface area contributed by atoms with E-state index in [1.54, 1.807) is 0 Å². The Balaban J connectivity index is 0. The van der Waals surface area contributed by atoms with E-state index in [9.17, 15) is 4.79 Å². The first-order valence-corrected chi connectivity index (χ1v) is 14.1. The van der Waals surface area contributed by atoms with Crippen LogP contribution >= 0.6 is 12.4 Å². The third-order valence-electron chi connectivity index (χ3n) is 6.19. The molecular formula is C27H57ClN2O4. The van der Waals surface area contributed by atoms with Crippen molar-refractivity contribution in [1.29, 1.82) is 0 Å². The second-order valence-corrected chi connectivity index (χ2v) is 9.84. The van der Waals surface area contributed by atoms with E-state index in [0.717, 1.165) is 25.7 Å². The predicted octanol–water partition coefficient (Wildman–Crippen LogP) is 6.60. The molecule has 0 rings (SSSR count). The second kappa shape index (κ2) is 25.7. The van der Waals surface area contributed by atoms with Gasteiger partial charge in [0, 0.05) is 13.0 Å². The molecule has 0 heterocycles. The first-order valence-electron chi connectivity index (χ1n) is 14.1. The van der Waals surface area contributed by atoms with E-state index in [2.05, 4.69) is 12.3 Å². The maximum absolute atomic E-state index is 12.0. The fourth-order valence-electron chi connectivity index (χ4n) is 4.30. The summed E-state index contributed by atoms with van der Waals surface area (Å²) >= 11 is 0. The number of amides is 1. The lowest BCUT2D eigenvalue weighted by molar-refractivity contribution is -0.319. The van der Waals surface area contributed by atoms with Gasteiger partial charge in [0.2, 0.25) is 5.91 Å². The first kappa shape index (κ1) is 35.8. The molecule has 1 amide bonds. The molecular weight excluding hydrogens is 452 g/mol. The molecule has 0 aliphatic rings. The molecule has 34 heavy (non-hydrogen) atoms. The van der Waals surface area contributed by atoms with E-state index >= 15 is 0 Å². The number of rotatable bonds is 25. The number of carbonyl (C=O) groups excluding carboxylic acids is 1. The van der Waals surface area contributed by atoms with Crippen LogP contribution in [0.2, 0.25) is 0 Å². The van der Waals surface area contributed by atoms with Crippen LogP contribution in [0.1, 0.15) is 149 Å². The third-order valence-corrected chi connectivity index (χ3v) is 6.19. The van der Waals surface area contributed by atoms with Gasteiger partial charge in [-0.15, -0.1) is 12.4 Å². The Bertz CT molecular complexity index is 433. The van der Waals surface area contributed by atoms with Gasteiger partial charge in [-0.3, -0.25) is 10.2 Å². The summed E-state index contributed by atoms with van der Waals surface area (Å²) in [7, 11) is 0. The molecule has 6 nitrogen and oxygen atoms in total. The van der Waals surface area contributed by atoms with Gasteiger partial charge in [0.1, 0.15) is 0 Å². The van der Waals surface area contributed by atoms with E-state index in [0.29, 0.717) is 13.0 Å². The van der Waals surface area contributed by atoms with Crippen LogP contribution in [-0.2, 0) is 4.79 Å². The standard InChI is InChI=1S/C27H56N2O4.ClH/c1-3-5-6-7-8-9-10-11-12-13-14-15-16-17-18-19-20-21-22-23-26(30)28-29(24-4-2)25-27(31,32)33;/h31-33H,3-25H2,1-2H3,(H,28,30);1H. The van der Waals surface area contributed by atoms with Crippen molar-refractivity contribution < 1.29 is 20.1 Å². The molecule has 0 fully saturated rings. The van der Waals surface area contributed by atoms with Crippen LogP contribution in [0.5, 0.6) is 0 Å². The zero-order chi connectivity index (χ0) is 24.6. The normalized spacial score (nSPS) is 11.6. The second-order valence-electron chi connectivity index (χ2n) is 9.84. The summed E-state index contributed by atoms with van der Waals surface area (Å²) in [6, 6.07) is 0. The topological polar surface area (TPSA) is 93.0 Å². The fourth-order valence-corrected chi connectivity index (χ4v) is 4.30. The SMILES string of the molecule is CCCCCCCCCCCCCCCCCCCCCC(=O)NN(CCC)CC(O)(O)O.Cl. The van der Waals surface area contributed by atoms with Crippen LogP contribution in [0.4, 0.5) is 0 Å². The Morgan fingerprint density at radius 1 is 0.618 bits per heavy atom. The Hall–Kier alpha value is -0.400. The fraction of sp³-hybridized carbons (Fsp3) is 0.963. The third kappa shape index (κ3) is 27.8. The lowest BCUT2D eigenvalue weighted by Crippen LogP contribution is -2.51. The largest absolute Gasteiger partial charge is 0.343 e. The zero-order valence-corrected chi connectivity index (χ0v) is 23.2. The van der Waals surface area contributed by atoms with Crippen molar-refractivity contribution in [1.82, 2.24) is 10.4 Å². The molecule has 0 aromatic heterocycles. The molecule has 0 saturated carbocycles. The average molecular weight is 509 g/mol. The number of hydrogen-bond donors (Lipinski definition) is 4. The Morgan fingerprint density at radius 3 is 1.29 bits per heavy atom. The molecule has 0 aromatic carbocycles. The van der Waals surface area contributed by atoms with E-state index in [1.165, 1.54) is 108 Å². The summed E-state index contributed by atoms with van der Waals surface area (Å²) < 4.78 is 0. The minimum Gasteiger partial charge on any atom is -0.343 e. The first-order chi connectivity index (χ1) is 15.9. The Labute approximate surface area is 216 Å². The minimum absolute atomic E-state index is 0.